The van der Waals surface area contributed by atoms with Crippen LogP contribution in [0.15, 0.2) is 36.5 Å². The lowest BCUT2D eigenvalue weighted by Gasteiger charge is -2.43. The number of rotatable bonds is 5. The molecule has 5 rings (SSSR count). The van der Waals surface area contributed by atoms with Crippen LogP contribution in [-0.4, -0.2) is 60.3 Å². The Kier molecular flexibility index (Phi) is 5.56. The van der Waals surface area contributed by atoms with Crippen LogP contribution in [0, 0.1) is 18.6 Å². The molecule has 9 heteroatoms. The van der Waals surface area contributed by atoms with Crippen molar-refractivity contribution in [2.45, 2.75) is 13.0 Å². The predicted octanol–water partition coefficient (Wildman–Crippen LogP) is 4.06. The zero-order valence-electron chi connectivity index (χ0n) is 17.1. The quantitative estimate of drug-likeness (QED) is 0.642. The maximum atomic E-state index is 13.5. The van der Waals surface area contributed by atoms with E-state index in [-0.39, 0.29) is 0 Å². The van der Waals surface area contributed by atoms with Crippen LogP contribution in [0.1, 0.15) is 5.69 Å². The third kappa shape index (κ3) is 4.53. The molecule has 0 radical (unpaired) electrons. The Labute approximate surface area is 183 Å². The Morgan fingerprint density at radius 3 is 2.45 bits per heavy atom. The highest BCUT2D eigenvalue weighted by Gasteiger charge is 2.29. The summed E-state index contributed by atoms with van der Waals surface area (Å²) >= 11 is 1.33. The Hall–Kier alpha value is -2.62. The fourth-order valence-electron chi connectivity index (χ4n) is 3.95. The van der Waals surface area contributed by atoms with Gasteiger partial charge in [-0.05, 0) is 30.7 Å². The van der Waals surface area contributed by atoms with Crippen LogP contribution in [0.25, 0.3) is 10.4 Å². The number of hydrogen-bond acceptors (Lipinski definition) is 7. The monoisotopic (exact) mass is 443 g/mol. The van der Waals surface area contributed by atoms with E-state index in [1.165, 1.54) is 23.5 Å². The molecule has 0 spiro atoms. The number of pyridine rings is 1. The van der Waals surface area contributed by atoms with E-state index in [1.54, 1.807) is 6.20 Å². The molecule has 4 heterocycles. The van der Waals surface area contributed by atoms with Gasteiger partial charge in [0.2, 0.25) is 0 Å². The zero-order chi connectivity index (χ0) is 21.4. The van der Waals surface area contributed by atoms with Crippen LogP contribution in [0.2, 0.25) is 0 Å². The first-order valence-corrected chi connectivity index (χ1v) is 11.1. The molecule has 2 saturated heterocycles. The van der Waals surface area contributed by atoms with Gasteiger partial charge in [0.25, 0.3) is 0 Å². The van der Waals surface area contributed by atoms with Gasteiger partial charge in [-0.3, -0.25) is 4.90 Å². The van der Waals surface area contributed by atoms with Crippen molar-refractivity contribution in [2.24, 2.45) is 0 Å². The molecule has 1 aromatic carbocycles. The number of hydrogen-bond donors (Lipinski definition) is 1. The van der Waals surface area contributed by atoms with Crippen molar-refractivity contribution < 1.29 is 13.5 Å². The molecule has 2 aliphatic rings. The van der Waals surface area contributed by atoms with Crippen molar-refractivity contribution in [1.82, 2.24) is 14.9 Å². The molecule has 0 unspecified atom stereocenters. The number of halogens is 2. The first-order valence-electron chi connectivity index (χ1n) is 10.3. The van der Waals surface area contributed by atoms with Crippen molar-refractivity contribution in [2.75, 3.05) is 49.6 Å². The molecule has 31 heavy (non-hydrogen) atoms. The molecule has 1 N–H and O–H groups in total. The lowest BCUT2D eigenvalue weighted by atomic mass is 10.1. The van der Waals surface area contributed by atoms with Gasteiger partial charge in [-0.1, -0.05) is 11.3 Å². The molecule has 2 aromatic heterocycles. The number of benzene rings is 1. The zero-order valence-corrected chi connectivity index (χ0v) is 18.0. The van der Waals surface area contributed by atoms with Crippen LogP contribution in [-0.2, 0) is 4.74 Å². The molecule has 2 fully saturated rings. The van der Waals surface area contributed by atoms with Crippen LogP contribution >= 0.6 is 11.3 Å². The van der Waals surface area contributed by atoms with Crippen LogP contribution in [0.3, 0.4) is 0 Å². The molecular weight excluding hydrogens is 420 g/mol. The minimum atomic E-state index is -0.604. The van der Waals surface area contributed by atoms with Gasteiger partial charge in [0.1, 0.15) is 17.5 Å². The Morgan fingerprint density at radius 2 is 1.77 bits per heavy atom. The SMILES string of the molecule is Cc1cc(N2CCN(C3COC3)CC2)cc(Nc2ncc(-c3cc(F)cc(F)c3)s2)n1. The third-order valence-corrected chi connectivity index (χ3v) is 6.60. The summed E-state index contributed by atoms with van der Waals surface area (Å²) < 4.78 is 32.4. The molecule has 0 amide bonds. The molecule has 3 aromatic rings. The molecular formula is C22H23F2N5OS. The maximum absolute atomic E-state index is 13.5. The second-order valence-corrected chi connectivity index (χ2v) is 8.91. The highest BCUT2D eigenvalue weighted by molar-refractivity contribution is 7.18. The van der Waals surface area contributed by atoms with Gasteiger partial charge >= 0.3 is 0 Å². The van der Waals surface area contributed by atoms with Crippen LogP contribution in [0.4, 0.5) is 25.4 Å². The lowest BCUT2D eigenvalue weighted by Crippen LogP contribution is -2.56. The first kappa shape index (κ1) is 20.3. The topological polar surface area (TPSA) is 53.5 Å². The molecule has 0 atom stereocenters. The predicted molar refractivity (Wildman–Crippen MR) is 118 cm³/mol. The van der Waals surface area contributed by atoms with Gasteiger partial charge in [-0.25, -0.2) is 18.7 Å². The maximum Gasteiger partial charge on any atom is 0.188 e. The number of piperazine rings is 1. The molecule has 0 aliphatic carbocycles. The summed E-state index contributed by atoms with van der Waals surface area (Å²) in [6.07, 6.45) is 1.61. The van der Waals surface area contributed by atoms with E-state index in [9.17, 15) is 8.78 Å². The number of nitrogens with zero attached hydrogens (tertiary/aromatic N) is 4. The fourth-order valence-corrected chi connectivity index (χ4v) is 4.76. The summed E-state index contributed by atoms with van der Waals surface area (Å²) in [5.41, 5.74) is 2.51. The van der Waals surface area contributed by atoms with E-state index in [4.69, 9.17) is 4.74 Å². The number of aromatic nitrogens is 2. The highest BCUT2D eigenvalue weighted by atomic mass is 32.1. The van der Waals surface area contributed by atoms with E-state index in [1.807, 2.05) is 13.0 Å². The largest absolute Gasteiger partial charge is 0.378 e. The molecule has 6 nitrogen and oxygen atoms in total. The van der Waals surface area contributed by atoms with Crippen molar-refractivity contribution in [3.05, 3.63) is 53.9 Å². The van der Waals surface area contributed by atoms with E-state index in [0.29, 0.717) is 27.4 Å². The summed E-state index contributed by atoms with van der Waals surface area (Å²) in [4.78, 5) is 14.5. The van der Waals surface area contributed by atoms with Crippen LogP contribution in [0.5, 0.6) is 0 Å². The van der Waals surface area contributed by atoms with E-state index in [0.717, 1.165) is 56.8 Å². The Morgan fingerprint density at radius 1 is 1.03 bits per heavy atom. The Balaban J connectivity index is 1.29. The van der Waals surface area contributed by atoms with Gasteiger partial charge in [0, 0.05) is 55.9 Å². The third-order valence-electron chi connectivity index (χ3n) is 5.64. The summed E-state index contributed by atoms with van der Waals surface area (Å²) in [6.45, 7) is 7.65. The lowest BCUT2D eigenvalue weighted by molar-refractivity contribution is -0.0660. The minimum absolute atomic E-state index is 0.468. The average molecular weight is 444 g/mol. The summed E-state index contributed by atoms with van der Waals surface area (Å²) in [7, 11) is 0. The number of aryl methyl sites for hydroxylation is 1. The van der Waals surface area contributed by atoms with Crippen molar-refractivity contribution in [3.63, 3.8) is 0 Å². The smallest absolute Gasteiger partial charge is 0.188 e. The number of ether oxygens (including phenoxy) is 1. The average Bonchev–Trinajstić information content (AvgIpc) is 3.14. The van der Waals surface area contributed by atoms with Gasteiger partial charge in [0.05, 0.1) is 24.1 Å². The van der Waals surface area contributed by atoms with Gasteiger partial charge in [-0.15, -0.1) is 0 Å². The second kappa shape index (κ2) is 8.49. The molecule has 162 valence electrons. The van der Waals surface area contributed by atoms with Gasteiger partial charge in [0.15, 0.2) is 5.13 Å². The molecule has 0 bridgehead atoms. The second-order valence-electron chi connectivity index (χ2n) is 7.88. The van der Waals surface area contributed by atoms with Gasteiger partial charge in [-0.2, -0.15) is 0 Å². The van der Waals surface area contributed by atoms with E-state index >= 15 is 0 Å². The number of nitrogens with one attached hydrogen (secondary N) is 1. The summed E-state index contributed by atoms with van der Waals surface area (Å²) in [5.74, 6) is -0.503. The van der Waals surface area contributed by atoms with E-state index < -0.39 is 11.6 Å². The normalized spacial score (nSPS) is 17.6. The fraction of sp³-hybridized carbons (Fsp3) is 0.364. The highest BCUT2D eigenvalue weighted by Crippen LogP contribution is 2.32. The van der Waals surface area contributed by atoms with Crippen LogP contribution < -0.4 is 10.2 Å². The van der Waals surface area contributed by atoms with Crippen molar-refractivity contribution in [1.29, 1.82) is 0 Å². The summed E-state index contributed by atoms with van der Waals surface area (Å²) in [6, 6.07) is 8.16. The first-order chi connectivity index (χ1) is 15.0. The van der Waals surface area contributed by atoms with Gasteiger partial charge < -0.3 is 15.0 Å². The number of thiazole rings is 1. The van der Waals surface area contributed by atoms with Crippen molar-refractivity contribution in [3.8, 4) is 10.4 Å². The standard InChI is InChI=1S/C22H23F2N5OS/c1-14-6-18(28-2-4-29(5-3-28)19-12-30-13-19)10-21(26-14)27-22-25-11-20(31-22)15-7-16(23)9-17(24)8-15/h6-11,19H,2-5,12-13H2,1H3,(H,25,26,27). The molecule has 2 aliphatic heterocycles. The summed E-state index contributed by atoms with van der Waals surface area (Å²) in [5, 5.41) is 3.87. The molecule has 0 saturated carbocycles. The minimum Gasteiger partial charge on any atom is -0.378 e. The van der Waals surface area contributed by atoms with E-state index in [2.05, 4.69) is 31.2 Å². The Bertz CT molecular complexity index is 1060. The van der Waals surface area contributed by atoms with Crippen molar-refractivity contribution >= 4 is 28.0 Å². The number of anilines is 3.